The lowest BCUT2D eigenvalue weighted by Gasteiger charge is -2.22. The number of aliphatic hydroxyl groups is 2. The highest BCUT2D eigenvalue weighted by atomic mass is 32.2. The van der Waals surface area contributed by atoms with Crippen molar-refractivity contribution in [2.45, 2.75) is 30.7 Å². The third kappa shape index (κ3) is 6.72. The Balaban J connectivity index is 3.78. The molecule has 0 amide bonds. The first kappa shape index (κ1) is 14.7. The van der Waals surface area contributed by atoms with E-state index in [0.29, 0.717) is 0 Å². The molecule has 0 saturated carbocycles. The van der Waals surface area contributed by atoms with Gasteiger partial charge in [-0.15, -0.1) is 0 Å². The second kappa shape index (κ2) is 7.92. The molecule has 6 heteroatoms. The molecule has 0 aliphatic heterocycles. The van der Waals surface area contributed by atoms with Gasteiger partial charge in [-0.1, -0.05) is 0 Å². The van der Waals surface area contributed by atoms with Gasteiger partial charge in [-0.25, -0.2) is 0 Å². The summed E-state index contributed by atoms with van der Waals surface area (Å²) in [6, 6.07) is 0.0356. The fraction of sp³-hybridized carbons (Fsp3) is 0.889. The summed E-state index contributed by atoms with van der Waals surface area (Å²) in [5, 5.41) is 29.7. The van der Waals surface area contributed by atoms with E-state index in [1.165, 1.54) is 11.8 Å². The Kier molecular flexibility index (Phi) is 7.76. The maximum absolute atomic E-state index is 10.3. The Morgan fingerprint density at radius 1 is 1.53 bits per heavy atom. The van der Waals surface area contributed by atoms with Crippen molar-refractivity contribution in [3.63, 3.8) is 0 Å². The number of carboxylic acids is 1. The largest absolute Gasteiger partial charge is 0.481 e. The Morgan fingerprint density at radius 3 is 2.53 bits per heavy atom. The van der Waals surface area contributed by atoms with Crippen LogP contribution in [0.25, 0.3) is 0 Å². The van der Waals surface area contributed by atoms with Crippen molar-refractivity contribution in [1.82, 2.24) is 5.32 Å². The molecule has 0 heterocycles. The summed E-state index contributed by atoms with van der Waals surface area (Å²) in [7, 11) is 0. The van der Waals surface area contributed by atoms with Crippen molar-refractivity contribution >= 4 is 17.7 Å². The minimum absolute atomic E-state index is 0.0356. The zero-order chi connectivity index (χ0) is 11.8. The van der Waals surface area contributed by atoms with E-state index in [2.05, 4.69) is 5.32 Å². The Hall–Kier alpha value is -0.300. The van der Waals surface area contributed by atoms with E-state index >= 15 is 0 Å². The number of aliphatic carboxylic acids is 1. The van der Waals surface area contributed by atoms with Crippen molar-refractivity contribution in [2.24, 2.45) is 0 Å². The average molecular weight is 237 g/mol. The second-order valence-electron chi connectivity index (χ2n) is 3.41. The second-order valence-corrected chi connectivity index (χ2v) is 4.48. The van der Waals surface area contributed by atoms with Crippen LogP contribution < -0.4 is 5.32 Å². The zero-order valence-corrected chi connectivity index (χ0v) is 9.83. The third-order valence-corrected chi connectivity index (χ3v) is 3.29. The van der Waals surface area contributed by atoms with Gasteiger partial charge in [0.25, 0.3) is 0 Å². The zero-order valence-electron chi connectivity index (χ0n) is 9.01. The van der Waals surface area contributed by atoms with E-state index in [1.54, 1.807) is 0 Å². The molecule has 0 aromatic rings. The van der Waals surface area contributed by atoms with Crippen LogP contribution in [0.2, 0.25) is 0 Å². The molecule has 0 bridgehead atoms. The molecule has 0 spiro atoms. The number of hydrogen-bond acceptors (Lipinski definition) is 5. The predicted octanol–water partition coefficient (Wildman–Crippen LogP) is -0.476. The van der Waals surface area contributed by atoms with Gasteiger partial charge in [0.05, 0.1) is 19.1 Å². The summed E-state index contributed by atoms with van der Waals surface area (Å²) in [6.07, 6.45) is 0.751. The minimum atomic E-state index is -1.01. The molecule has 3 unspecified atom stereocenters. The maximum Gasteiger partial charge on any atom is 0.306 e. The number of rotatable bonds is 8. The first-order chi connectivity index (χ1) is 7.01. The summed E-state index contributed by atoms with van der Waals surface area (Å²) < 4.78 is 0. The number of aliphatic hydroxyl groups excluding tert-OH is 2. The third-order valence-electron chi connectivity index (χ3n) is 2.13. The van der Waals surface area contributed by atoms with E-state index < -0.39 is 12.1 Å². The molecule has 4 N–H and O–H groups in total. The van der Waals surface area contributed by atoms with E-state index in [0.717, 1.165) is 0 Å². The fourth-order valence-electron chi connectivity index (χ4n) is 1.16. The standard InChI is InChI=1S/C9H19NO4S/c1-6(8(5-11)15-2)10-4-7(12)3-9(13)14/h6-8,10-12H,3-5H2,1-2H3,(H,13,14). The Labute approximate surface area is 93.9 Å². The smallest absolute Gasteiger partial charge is 0.306 e. The minimum Gasteiger partial charge on any atom is -0.481 e. The molecule has 0 aliphatic carbocycles. The van der Waals surface area contributed by atoms with E-state index in [-0.39, 0.29) is 30.9 Å². The van der Waals surface area contributed by atoms with E-state index in [1.807, 2.05) is 13.2 Å². The highest BCUT2D eigenvalue weighted by Gasteiger charge is 2.16. The predicted molar refractivity (Wildman–Crippen MR) is 60.1 cm³/mol. The number of carbonyl (C=O) groups is 1. The van der Waals surface area contributed by atoms with Gasteiger partial charge in [0, 0.05) is 17.8 Å². The summed E-state index contributed by atoms with van der Waals surface area (Å²) in [6.45, 7) is 2.18. The van der Waals surface area contributed by atoms with Crippen LogP contribution in [0.15, 0.2) is 0 Å². The average Bonchev–Trinajstić information content (AvgIpc) is 2.15. The molecule has 5 nitrogen and oxygen atoms in total. The lowest BCUT2D eigenvalue weighted by Crippen LogP contribution is -2.41. The van der Waals surface area contributed by atoms with Gasteiger partial charge in [-0.2, -0.15) is 11.8 Å². The van der Waals surface area contributed by atoms with Gasteiger partial charge < -0.3 is 20.6 Å². The van der Waals surface area contributed by atoms with Crippen LogP contribution in [0.1, 0.15) is 13.3 Å². The lowest BCUT2D eigenvalue weighted by molar-refractivity contribution is -0.139. The first-order valence-electron chi connectivity index (χ1n) is 4.78. The van der Waals surface area contributed by atoms with Crippen LogP contribution in [-0.4, -0.2) is 58.1 Å². The highest BCUT2D eigenvalue weighted by molar-refractivity contribution is 7.99. The van der Waals surface area contributed by atoms with Gasteiger partial charge >= 0.3 is 5.97 Å². The summed E-state index contributed by atoms with van der Waals surface area (Å²) in [4.78, 5) is 10.3. The fourth-order valence-corrected chi connectivity index (χ4v) is 1.82. The van der Waals surface area contributed by atoms with Gasteiger partial charge in [0.2, 0.25) is 0 Å². The van der Waals surface area contributed by atoms with Crippen LogP contribution in [0.3, 0.4) is 0 Å². The quantitative estimate of drug-likeness (QED) is 0.456. The number of thioether (sulfide) groups is 1. The normalized spacial score (nSPS) is 17.1. The van der Waals surface area contributed by atoms with Gasteiger partial charge in [0.15, 0.2) is 0 Å². The van der Waals surface area contributed by atoms with Gasteiger partial charge in [-0.05, 0) is 13.2 Å². The number of carboxylic acid groups (broad SMARTS) is 1. The molecule has 0 radical (unpaired) electrons. The Bertz CT molecular complexity index is 187. The molecule has 90 valence electrons. The molecular formula is C9H19NO4S. The van der Waals surface area contributed by atoms with Crippen LogP contribution >= 0.6 is 11.8 Å². The summed E-state index contributed by atoms with van der Waals surface area (Å²) >= 11 is 1.53. The van der Waals surface area contributed by atoms with Crippen molar-refractivity contribution in [1.29, 1.82) is 0 Å². The molecule has 0 aromatic carbocycles. The van der Waals surface area contributed by atoms with Crippen LogP contribution in [0.5, 0.6) is 0 Å². The number of hydrogen-bond donors (Lipinski definition) is 4. The first-order valence-corrected chi connectivity index (χ1v) is 6.07. The summed E-state index contributed by atoms with van der Waals surface area (Å²) in [5.41, 5.74) is 0. The van der Waals surface area contributed by atoms with Crippen molar-refractivity contribution in [3.8, 4) is 0 Å². The molecule has 0 saturated heterocycles. The Morgan fingerprint density at radius 2 is 2.13 bits per heavy atom. The van der Waals surface area contributed by atoms with Gasteiger partial charge in [-0.3, -0.25) is 4.79 Å². The van der Waals surface area contributed by atoms with Crippen LogP contribution in [0.4, 0.5) is 0 Å². The molecule has 0 fully saturated rings. The van der Waals surface area contributed by atoms with Crippen molar-refractivity contribution < 1.29 is 20.1 Å². The maximum atomic E-state index is 10.3. The molecule has 0 aromatic heterocycles. The lowest BCUT2D eigenvalue weighted by atomic mass is 10.2. The van der Waals surface area contributed by atoms with Crippen molar-refractivity contribution in [3.05, 3.63) is 0 Å². The molecular weight excluding hydrogens is 218 g/mol. The van der Waals surface area contributed by atoms with Crippen molar-refractivity contribution in [2.75, 3.05) is 19.4 Å². The monoisotopic (exact) mass is 237 g/mol. The van der Waals surface area contributed by atoms with Crippen LogP contribution in [0, 0.1) is 0 Å². The van der Waals surface area contributed by atoms with E-state index in [4.69, 9.17) is 10.2 Å². The van der Waals surface area contributed by atoms with Crippen LogP contribution in [-0.2, 0) is 4.79 Å². The summed E-state index contributed by atoms with van der Waals surface area (Å²) in [5.74, 6) is -1.01. The topological polar surface area (TPSA) is 89.8 Å². The molecule has 0 rings (SSSR count). The SMILES string of the molecule is CSC(CO)C(C)NCC(O)CC(=O)O. The van der Waals surface area contributed by atoms with E-state index in [9.17, 15) is 9.90 Å². The van der Waals surface area contributed by atoms with Gasteiger partial charge in [0.1, 0.15) is 0 Å². The molecule has 0 aliphatic rings. The molecule has 3 atom stereocenters. The molecule has 15 heavy (non-hydrogen) atoms. The highest BCUT2D eigenvalue weighted by Crippen LogP contribution is 2.10. The number of nitrogens with one attached hydrogen (secondary N) is 1.